The molecule has 1 aliphatic carbocycles. The van der Waals surface area contributed by atoms with Gasteiger partial charge in [0.25, 0.3) is 0 Å². The number of hydrogen-bond acceptors (Lipinski definition) is 2. The minimum Gasteiger partial charge on any atom is -0.481 e. The molecule has 0 radical (unpaired) electrons. The molecule has 1 aromatic carbocycles. The molecule has 1 saturated carbocycles. The first-order valence-electron chi connectivity index (χ1n) is 5.06. The largest absolute Gasteiger partial charge is 0.481 e. The number of Topliss-reactive ketones (excluding diaryl/α,β-unsaturated/α-hetero) is 1. The van der Waals surface area contributed by atoms with Crippen molar-refractivity contribution in [3.63, 3.8) is 0 Å². The van der Waals surface area contributed by atoms with Crippen LogP contribution in [0, 0.1) is 0 Å². The number of benzene rings is 1. The lowest BCUT2D eigenvalue weighted by Crippen LogP contribution is -2.33. The molecule has 2 rings (SSSR count). The fourth-order valence-electron chi connectivity index (χ4n) is 2.19. The van der Waals surface area contributed by atoms with E-state index in [4.69, 9.17) is 0 Å². The molecule has 0 saturated heterocycles. The van der Waals surface area contributed by atoms with Crippen molar-refractivity contribution in [2.45, 2.75) is 24.7 Å². The monoisotopic (exact) mass is 282 g/mol. The van der Waals surface area contributed by atoms with Crippen molar-refractivity contribution in [3.8, 4) is 0 Å². The van der Waals surface area contributed by atoms with Gasteiger partial charge in [0.1, 0.15) is 5.78 Å². The van der Waals surface area contributed by atoms with Crippen molar-refractivity contribution in [2.24, 2.45) is 0 Å². The SMILES string of the molecule is O=C1CCC(C(=O)O)(c2ccc(Br)cc2)C1. The van der Waals surface area contributed by atoms with Gasteiger partial charge in [-0.1, -0.05) is 28.1 Å². The first-order chi connectivity index (χ1) is 7.54. The van der Waals surface area contributed by atoms with Gasteiger partial charge < -0.3 is 5.11 Å². The lowest BCUT2D eigenvalue weighted by Gasteiger charge is -2.23. The lowest BCUT2D eigenvalue weighted by atomic mass is 9.79. The molecule has 0 aromatic heterocycles. The van der Waals surface area contributed by atoms with Crippen LogP contribution in [0.5, 0.6) is 0 Å². The fraction of sp³-hybridized carbons (Fsp3) is 0.333. The van der Waals surface area contributed by atoms with Gasteiger partial charge in [0.15, 0.2) is 0 Å². The molecular weight excluding hydrogens is 272 g/mol. The van der Waals surface area contributed by atoms with Crippen molar-refractivity contribution in [2.75, 3.05) is 0 Å². The van der Waals surface area contributed by atoms with Crippen molar-refractivity contribution < 1.29 is 14.7 Å². The summed E-state index contributed by atoms with van der Waals surface area (Å²) in [6.07, 6.45) is 0.884. The molecule has 1 aliphatic rings. The molecule has 1 N–H and O–H groups in total. The third-order valence-corrected chi connectivity index (χ3v) is 3.66. The third-order valence-electron chi connectivity index (χ3n) is 3.14. The van der Waals surface area contributed by atoms with Gasteiger partial charge in [0.2, 0.25) is 0 Å². The van der Waals surface area contributed by atoms with Crippen LogP contribution in [0.4, 0.5) is 0 Å². The summed E-state index contributed by atoms with van der Waals surface area (Å²) in [6.45, 7) is 0. The molecule has 3 nitrogen and oxygen atoms in total. The number of hydrogen-bond donors (Lipinski definition) is 1. The van der Waals surface area contributed by atoms with Crippen LogP contribution in [-0.2, 0) is 15.0 Å². The van der Waals surface area contributed by atoms with Crippen LogP contribution >= 0.6 is 15.9 Å². The number of aliphatic carboxylic acids is 1. The number of carboxylic acid groups (broad SMARTS) is 1. The number of carboxylic acids is 1. The summed E-state index contributed by atoms with van der Waals surface area (Å²) in [5.74, 6) is -0.869. The summed E-state index contributed by atoms with van der Waals surface area (Å²) in [5.41, 5.74) is -0.285. The standard InChI is InChI=1S/C12H11BrO3/c13-9-3-1-8(2-4-9)12(11(15)16)6-5-10(14)7-12/h1-4H,5-7H2,(H,15,16). The number of rotatable bonds is 2. The average Bonchev–Trinajstić information content (AvgIpc) is 2.63. The van der Waals surface area contributed by atoms with Gasteiger partial charge in [0.05, 0.1) is 5.41 Å². The molecule has 0 amide bonds. The van der Waals surface area contributed by atoms with E-state index < -0.39 is 11.4 Å². The first-order valence-corrected chi connectivity index (χ1v) is 5.85. The molecule has 1 aromatic rings. The van der Waals surface area contributed by atoms with Crippen LogP contribution in [0.15, 0.2) is 28.7 Å². The van der Waals surface area contributed by atoms with E-state index >= 15 is 0 Å². The zero-order valence-electron chi connectivity index (χ0n) is 8.57. The van der Waals surface area contributed by atoms with E-state index in [-0.39, 0.29) is 12.2 Å². The fourth-order valence-corrected chi connectivity index (χ4v) is 2.45. The smallest absolute Gasteiger partial charge is 0.314 e. The second-order valence-corrected chi connectivity index (χ2v) is 5.03. The minimum absolute atomic E-state index is 0.0327. The highest BCUT2D eigenvalue weighted by Gasteiger charge is 2.46. The van der Waals surface area contributed by atoms with Crippen LogP contribution in [0.1, 0.15) is 24.8 Å². The molecule has 0 spiro atoms. The molecule has 0 aliphatic heterocycles. The van der Waals surface area contributed by atoms with Gasteiger partial charge in [-0.05, 0) is 24.1 Å². The predicted molar refractivity (Wildman–Crippen MR) is 62.3 cm³/mol. The summed E-state index contributed by atoms with van der Waals surface area (Å²) in [7, 11) is 0. The molecule has 1 atom stereocenters. The normalized spacial score (nSPS) is 24.7. The van der Waals surface area contributed by atoms with Crippen LogP contribution in [0.2, 0.25) is 0 Å². The van der Waals surface area contributed by atoms with Gasteiger partial charge in [-0.3, -0.25) is 9.59 Å². The number of halogens is 1. The zero-order valence-corrected chi connectivity index (χ0v) is 10.2. The molecular formula is C12H11BrO3. The highest BCUT2D eigenvalue weighted by atomic mass is 79.9. The molecule has 4 heteroatoms. The highest BCUT2D eigenvalue weighted by Crippen LogP contribution is 2.39. The first kappa shape index (κ1) is 11.3. The minimum atomic E-state index is -1.00. The number of carbonyl (C=O) groups is 2. The van der Waals surface area contributed by atoms with Crippen molar-refractivity contribution >= 4 is 27.7 Å². The van der Waals surface area contributed by atoms with E-state index in [1.165, 1.54) is 0 Å². The topological polar surface area (TPSA) is 54.4 Å². The maximum absolute atomic E-state index is 11.4. The Kier molecular flexibility index (Phi) is 2.84. The molecule has 1 fully saturated rings. The van der Waals surface area contributed by atoms with E-state index in [0.717, 1.165) is 4.47 Å². The quantitative estimate of drug-likeness (QED) is 0.907. The maximum atomic E-state index is 11.4. The Hall–Kier alpha value is -1.16. The van der Waals surface area contributed by atoms with Crippen molar-refractivity contribution in [1.82, 2.24) is 0 Å². The van der Waals surface area contributed by atoms with Gasteiger partial charge in [-0.25, -0.2) is 0 Å². The Morgan fingerprint density at radius 1 is 1.31 bits per heavy atom. The molecule has 0 heterocycles. The summed E-state index contributed by atoms with van der Waals surface area (Å²) in [6, 6.07) is 7.17. The Bertz CT molecular complexity index is 438. The van der Waals surface area contributed by atoms with Gasteiger partial charge in [0, 0.05) is 17.3 Å². The van der Waals surface area contributed by atoms with Crippen molar-refractivity contribution in [3.05, 3.63) is 34.3 Å². The lowest BCUT2D eigenvalue weighted by molar-refractivity contribution is -0.144. The van der Waals surface area contributed by atoms with E-state index in [0.29, 0.717) is 18.4 Å². The van der Waals surface area contributed by atoms with Crippen LogP contribution in [0.25, 0.3) is 0 Å². The Morgan fingerprint density at radius 2 is 1.94 bits per heavy atom. The van der Waals surface area contributed by atoms with Gasteiger partial charge in [-0.15, -0.1) is 0 Å². The van der Waals surface area contributed by atoms with Gasteiger partial charge >= 0.3 is 5.97 Å². The Labute approximate surface area is 102 Å². The second-order valence-electron chi connectivity index (χ2n) is 4.11. The third kappa shape index (κ3) is 1.78. The average molecular weight is 283 g/mol. The maximum Gasteiger partial charge on any atom is 0.314 e. The Morgan fingerprint density at radius 3 is 2.38 bits per heavy atom. The summed E-state index contributed by atoms with van der Waals surface area (Å²) < 4.78 is 0.904. The second kappa shape index (κ2) is 4.01. The predicted octanol–water partition coefficient (Wildman–Crippen LogP) is 2.52. The zero-order chi connectivity index (χ0) is 11.8. The Balaban J connectivity index is 2.44. The molecule has 0 bridgehead atoms. The number of carbonyl (C=O) groups excluding carboxylic acids is 1. The molecule has 1 unspecified atom stereocenters. The molecule has 16 heavy (non-hydrogen) atoms. The van der Waals surface area contributed by atoms with Crippen molar-refractivity contribution in [1.29, 1.82) is 0 Å². The van der Waals surface area contributed by atoms with Gasteiger partial charge in [-0.2, -0.15) is 0 Å². The van der Waals surface area contributed by atoms with Crippen LogP contribution in [-0.4, -0.2) is 16.9 Å². The summed E-state index contributed by atoms with van der Waals surface area (Å²) in [4.78, 5) is 22.7. The van der Waals surface area contributed by atoms with E-state index in [9.17, 15) is 14.7 Å². The van der Waals surface area contributed by atoms with Crippen LogP contribution < -0.4 is 0 Å². The van der Waals surface area contributed by atoms with E-state index in [1.54, 1.807) is 12.1 Å². The molecule has 84 valence electrons. The number of ketones is 1. The van der Waals surface area contributed by atoms with E-state index in [1.807, 2.05) is 12.1 Å². The van der Waals surface area contributed by atoms with Crippen LogP contribution in [0.3, 0.4) is 0 Å². The summed E-state index contributed by atoms with van der Waals surface area (Å²) >= 11 is 3.31. The van der Waals surface area contributed by atoms with E-state index in [2.05, 4.69) is 15.9 Å². The summed E-state index contributed by atoms with van der Waals surface area (Å²) in [5, 5.41) is 9.34. The highest BCUT2D eigenvalue weighted by molar-refractivity contribution is 9.10.